The van der Waals surface area contributed by atoms with Crippen LogP contribution in [0, 0.1) is 11.3 Å². The lowest BCUT2D eigenvalue weighted by molar-refractivity contribution is 0.195. The van der Waals surface area contributed by atoms with Gasteiger partial charge in [0.05, 0.1) is 19.2 Å². The van der Waals surface area contributed by atoms with Gasteiger partial charge in [0.2, 0.25) is 11.8 Å². The van der Waals surface area contributed by atoms with E-state index in [-0.39, 0.29) is 0 Å². The molecule has 6 heteroatoms. The Labute approximate surface area is 134 Å². The Kier molecular flexibility index (Phi) is 4.71. The second kappa shape index (κ2) is 6.91. The van der Waals surface area contributed by atoms with Crippen LogP contribution >= 0.6 is 11.6 Å². The van der Waals surface area contributed by atoms with E-state index in [9.17, 15) is 0 Å². The minimum atomic E-state index is 0.392. The second-order valence-corrected chi connectivity index (χ2v) is 5.95. The predicted octanol–water partition coefficient (Wildman–Crippen LogP) is 3.66. The van der Waals surface area contributed by atoms with Gasteiger partial charge in [-0.25, -0.2) is 0 Å². The number of nitrogens with zero attached hydrogens (tertiary/aromatic N) is 4. The number of rotatable bonds is 5. The monoisotopic (exact) mass is 316 g/mol. The SMILES string of the molecule is N#CCN(Cc1nnc(-c2ccc(Cl)cc2)o1)C1CCCC1. The van der Waals surface area contributed by atoms with Gasteiger partial charge in [0.15, 0.2) is 0 Å². The first kappa shape index (κ1) is 15.0. The Morgan fingerprint density at radius 2 is 1.95 bits per heavy atom. The van der Waals surface area contributed by atoms with Gasteiger partial charge in [-0.1, -0.05) is 24.4 Å². The van der Waals surface area contributed by atoms with Crippen molar-refractivity contribution in [2.75, 3.05) is 6.54 Å². The van der Waals surface area contributed by atoms with E-state index in [0.29, 0.717) is 35.9 Å². The molecule has 0 amide bonds. The van der Waals surface area contributed by atoms with Crippen LogP contribution in [0.1, 0.15) is 31.6 Å². The number of hydrogen-bond acceptors (Lipinski definition) is 5. The molecule has 1 aliphatic rings. The van der Waals surface area contributed by atoms with Gasteiger partial charge in [-0.05, 0) is 37.1 Å². The van der Waals surface area contributed by atoms with Crippen LogP contribution in [0.5, 0.6) is 0 Å². The maximum atomic E-state index is 9.01. The van der Waals surface area contributed by atoms with Crippen molar-refractivity contribution in [1.82, 2.24) is 15.1 Å². The number of hydrogen-bond donors (Lipinski definition) is 0. The molecule has 0 atom stereocenters. The Balaban J connectivity index is 1.72. The second-order valence-electron chi connectivity index (χ2n) is 5.51. The summed E-state index contributed by atoms with van der Waals surface area (Å²) < 4.78 is 5.73. The molecule has 1 aliphatic carbocycles. The number of nitriles is 1. The van der Waals surface area contributed by atoms with Gasteiger partial charge in [0, 0.05) is 16.6 Å². The largest absolute Gasteiger partial charge is 0.419 e. The highest BCUT2D eigenvalue weighted by Crippen LogP contribution is 2.25. The quantitative estimate of drug-likeness (QED) is 0.788. The first-order valence-electron chi connectivity index (χ1n) is 7.45. The summed E-state index contributed by atoms with van der Waals surface area (Å²) in [6, 6.07) is 9.97. The maximum absolute atomic E-state index is 9.01. The van der Waals surface area contributed by atoms with Crippen LogP contribution in [0.15, 0.2) is 28.7 Å². The molecule has 1 aromatic heterocycles. The summed E-state index contributed by atoms with van der Waals surface area (Å²) in [4.78, 5) is 2.13. The fraction of sp³-hybridized carbons (Fsp3) is 0.438. The van der Waals surface area contributed by atoms with Crippen LogP contribution in [0.25, 0.3) is 11.5 Å². The molecule has 22 heavy (non-hydrogen) atoms. The zero-order valence-electron chi connectivity index (χ0n) is 12.2. The third kappa shape index (κ3) is 3.46. The third-order valence-corrected chi connectivity index (χ3v) is 4.26. The van der Waals surface area contributed by atoms with Crippen LogP contribution in [-0.2, 0) is 6.54 Å². The smallest absolute Gasteiger partial charge is 0.247 e. The van der Waals surface area contributed by atoms with Gasteiger partial charge in [0.1, 0.15) is 0 Å². The fourth-order valence-electron chi connectivity index (χ4n) is 2.87. The van der Waals surface area contributed by atoms with E-state index in [1.54, 1.807) is 12.1 Å². The molecule has 2 aromatic rings. The third-order valence-electron chi connectivity index (χ3n) is 4.01. The Morgan fingerprint density at radius 1 is 1.23 bits per heavy atom. The Morgan fingerprint density at radius 3 is 2.64 bits per heavy atom. The van der Waals surface area contributed by atoms with Crippen LogP contribution in [-0.4, -0.2) is 27.7 Å². The minimum Gasteiger partial charge on any atom is -0.419 e. The molecule has 0 aliphatic heterocycles. The predicted molar refractivity (Wildman–Crippen MR) is 83.0 cm³/mol. The van der Waals surface area contributed by atoms with Crippen LogP contribution in [0.4, 0.5) is 0 Å². The average Bonchev–Trinajstić information content (AvgIpc) is 3.19. The van der Waals surface area contributed by atoms with E-state index < -0.39 is 0 Å². The van der Waals surface area contributed by atoms with E-state index in [1.165, 1.54) is 12.8 Å². The zero-order chi connectivity index (χ0) is 15.4. The first-order valence-corrected chi connectivity index (χ1v) is 7.83. The molecule has 0 spiro atoms. The van der Waals surface area contributed by atoms with Gasteiger partial charge in [-0.2, -0.15) is 5.26 Å². The standard InChI is InChI=1S/C16H17ClN4O/c17-13-7-5-12(6-8-13)16-20-19-15(22-16)11-21(10-9-18)14-3-1-2-4-14/h5-8,14H,1-4,10-11H2. The lowest BCUT2D eigenvalue weighted by atomic mass is 10.2. The summed E-state index contributed by atoms with van der Waals surface area (Å²) in [5.41, 5.74) is 0.843. The molecule has 5 nitrogen and oxygen atoms in total. The van der Waals surface area contributed by atoms with Crippen molar-refractivity contribution in [2.45, 2.75) is 38.3 Å². The highest BCUT2D eigenvalue weighted by Gasteiger charge is 2.24. The lowest BCUT2D eigenvalue weighted by Crippen LogP contribution is -2.33. The molecular formula is C16H17ClN4O. The summed E-state index contributed by atoms with van der Waals surface area (Å²) in [7, 11) is 0. The summed E-state index contributed by atoms with van der Waals surface area (Å²) in [5.74, 6) is 1.03. The molecule has 1 heterocycles. The van der Waals surface area contributed by atoms with Crippen molar-refractivity contribution in [3.8, 4) is 17.5 Å². The molecule has 1 fully saturated rings. The van der Waals surface area contributed by atoms with E-state index in [2.05, 4.69) is 21.2 Å². The maximum Gasteiger partial charge on any atom is 0.247 e. The molecule has 0 unspecified atom stereocenters. The Hall–Kier alpha value is -1.90. The van der Waals surface area contributed by atoms with Crippen LogP contribution < -0.4 is 0 Å². The van der Waals surface area contributed by atoms with E-state index >= 15 is 0 Å². The van der Waals surface area contributed by atoms with Gasteiger partial charge in [0.25, 0.3) is 0 Å². The van der Waals surface area contributed by atoms with Crippen molar-refractivity contribution in [1.29, 1.82) is 5.26 Å². The number of benzene rings is 1. The first-order chi connectivity index (χ1) is 10.8. The number of aromatic nitrogens is 2. The molecular weight excluding hydrogens is 300 g/mol. The molecule has 0 N–H and O–H groups in total. The molecule has 1 aromatic carbocycles. The van der Waals surface area contributed by atoms with E-state index in [4.69, 9.17) is 21.3 Å². The average molecular weight is 317 g/mol. The molecule has 3 rings (SSSR count). The minimum absolute atomic E-state index is 0.392. The van der Waals surface area contributed by atoms with Crippen molar-refractivity contribution in [3.63, 3.8) is 0 Å². The topological polar surface area (TPSA) is 66.0 Å². The number of halogens is 1. The molecule has 1 saturated carbocycles. The van der Waals surface area contributed by atoms with Crippen LogP contribution in [0.3, 0.4) is 0 Å². The van der Waals surface area contributed by atoms with E-state index in [1.807, 2.05) is 12.1 Å². The fourth-order valence-corrected chi connectivity index (χ4v) is 3.00. The summed E-state index contributed by atoms with van der Waals surface area (Å²) in [6.45, 7) is 0.919. The lowest BCUT2D eigenvalue weighted by Gasteiger charge is -2.24. The van der Waals surface area contributed by atoms with E-state index in [0.717, 1.165) is 18.4 Å². The van der Waals surface area contributed by atoms with Gasteiger partial charge in [-0.15, -0.1) is 10.2 Å². The van der Waals surface area contributed by atoms with Crippen molar-refractivity contribution in [2.24, 2.45) is 0 Å². The molecule has 0 bridgehead atoms. The highest BCUT2D eigenvalue weighted by molar-refractivity contribution is 6.30. The van der Waals surface area contributed by atoms with Crippen molar-refractivity contribution < 1.29 is 4.42 Å². The molecule has 0 radical (unpaired) electrons. The van der Waals surface area contributed by atoms with Crippen molar-refractivity contribution >= 4 is 11.6 Å². The summed E-state index contributed by atoms with van der Waals surface area (Å²) in [6.07, 6.45) is 4.73. The molecule has 114 valence electrons. The van der Waals surface area contributed by atoms with Crippen LogP contribution in [0.2, 0.25) is 5.02 Å². The normalized spacial score (nSPS) is 15.3. The Bertz CT molecular complexity index is 656. The van der Waals surface area contributed by atoms with Crippen molar-refractivity contribution in [3.05, 3.63) is 35.2 Å². The summed E-state index contributed by atoms with van der Waals surface area (Å²) >= 11 is 5.88. The zero-order valence-corrected chi connectivity index (χ0v) is 13.0. The van der Waals surface area contributed by atoms with Gasteiger partial charge < -0.3 is 4.42 Å². The van der Waals surface area contributed by atoms with Gasteiger partial charge >= 0.3 is 0 Å². The van der Waals surface area contributed by atoms with Gasteiger partial charge in [-0.3, -0.25) is 4.90 Å². The highest BCUT2D eigenvalue weighted by atomic mass is 35.5. The summed E-state index contributed by atoms with van der Waals surface area (Å²) in [5, 5.41) is 17.9. The molecule has 0 saturated heterocycles.